The average Bonchev–Trinajstić information content (AvgIpc) is 3.00. The molecule has 7 heteroatoms. The lowest BCUT2D eigenvalue weighted by molar-refractivity contribution is 0.0697. The molecule has 174 valence electrons. The summed E-state index contributed by atoms with van der Waals surface area (Å²) in [7, 11) is 0. The van der Waals surface area contributed by atoms with Gasteiger partial charge in [0.25, 0.3) is 0 Å². The van der Waals surface area contributed by atoms with Crippen LogP contribution in [-0.2, 0) is 13.0 Å². The topological polar surface area (TPSA) is 94.8 Å². The zero-order chi connectivity index (χ0) is 24.5. The number of phenols is 1. The third-order valence-electron chi connectivity index (χ3n) is 6.06. The number of carboxylic acids is 1. The molecule has 0 bridgehead atoms. The maximum Gasteiger partial charge on any atom is 0.335 e. The molecule has 4 aromatic rings. The summed E-state index contributed by atoms with van der Waals surface area (Å²) in [5.41, 5.74) is 5.87. The molecule has 0 radical (unpaired) electrons. The summed E-state index contributed by atoms with van der Waals surface area (Å²) in [5.74, 6) is -0.709. The van der Waals surface area contributed by atoms with Crippen molar-refractivity contribution in [1.82, 2.24) is 4.98 Å². The lowest BCUT2D eigenvalue weighted by Crippen LogP contribution is -2.10. The number of phenolic OH excluding ortho intramolecular Hbond substituents is 1. The Morgan fingerprint density at radius 3 is 2.57 bits per heavy atom. The highest BCUT2D eigenvalue weighted by atomic mass is 19.1. The Bertz CT molecular complexity index is 1480. The smallest absolute Gasteiger partial charge is 0.335 e. The van der Waals surface area contributed by atoms with Gasteiger partial charge in [-0.05, 0) is 77.2 Å². The van der Waals surface area contributed by atoms with Crippen LogP contribution in [0.25, 0.3) is 11.1 Å². The molecule has 1 aliphatic heterocycles. The number of carbonyl (C=O) groups is 1. The van der Waals surface area contributed by atoms with Gasteiger partial charge in [-0.25, -0.2) is 14.2 Å². The first-order chi connectivity index (χ1) is 16.9. The van der Waals surface area contributed by atoms with E-state index in [1.165, 1.54) is 18.2 Å². The van der Waals surface area contributed by atoms with E-state index in [1.54, 1.807) is 36.5 Å². The maximum absolute atomic E-state index is 15.1. The lowest BCUT2D eigenvalue weighted by Gasteiger charge is -2.15. The summed E-state index contributed by atoms with van der Waals surface area (Å²) in [6, 6.07) is 18.3. The molecule has 0 amide bonds. The predicted molar refractivity (Wildman–Crippen MR) is 133 cm³/mol. The molecule has 1 aromatic heterocycles. The van der Waals surface area contributed by atoms with Gasteiger partial charge in [0, 0.05) is 23.0 Å². The molecule has 0 saturated heterocycles. The summed E-state index contributed by atoms with van der Waals surface area (Å²) in [5, 5.41) is 22.6. The van der Waals surface area contributed by atoms with Gasteiger partial charge < -0.3 is 15.5 Å². The van der Waals surface area contributed by atoms with Gasteiger partial charge in [-0.1, -0.05) is 25.1 Å². The highest BCUT2D eigenvalue weighted by Gasteiger charge is 2.24. The fourth-order valence-corrected chi connectivity index (χ4v) is 4.33. The van der Waals surface area contributed by atoms with Crippen molar-refractivity contribution in [3.63, 3.8) is 0 Å². The van der Waals surface area contributed by atoms with Crippen molar-refractivity contribution in [2.24, 2.45) is 4.99 Å². The summed E-state index contributed by atoms with van der Waals surface area (Å²) in [6.45, 7) is 2.27. The summed E-state index contributed by atoms with van der Waals surface area (Å²) in [6.07, 6.45) is 2.37. The SMILES string of the molecule is CCc1cccc(F)c1C1=NCc2cnc(Nc3ccc(C(=O)O)cc3)cc2-c2ccc(O)cc21. The number of aromatic nitrogens is 1. The summed E-state index contributed by atoms with van der Waals surface area (Å²) < 4.78 is 15.1. The Morgan fingerprint density at radius 2 is 1.83 bits per heavy atom. The van der Waals surface area contributed by atoms with Crippen molar-refractivity contribution in [1.29, 1.82) is 0 Å². The predicted octanol–water partition coefficient (Wildman–Crippen LogP) is 5.95. The largest absolute Gasteiger partial charge is 0.508 e. The fourth-order valence-electron chi connectivity index (χ4n) is 4.33. The number of fused-ring (bicyclic) bond motifs is 3. The standard InChI is InChI=1S/C28H22FN3O3/c1-2-16-4-3-5-24(29)26(16)27-23-12-20(33)10-11-21(23)22-13-25(30-14-18(22)15-31-27)32-19-8-6-17(7-9-19)28(34)35/h3-14,33H,2,15H2,1H3,(H,30,32)(H,34,35). The maximum atomic E-state index is 15.1. The van der Waals surface area contributed by atoms with E-state index in [9.17, 15) is 9.90 Å². The molecule has 0 unspecified atom stereocenters. The van der Waals surface area contributed by atoms with Crippen molar-refractivity contribution < 1.29 is 19.4 Å². The Hall–Kier alpha value is -4.52. The molecule has 6 nitrogen and oxygen atoms in total. The summed E-state index contributed by atoms with van der Waals surface area (Å²) >= 11 is 0. The quantitative estimate of drug-likeness (QED) is 0.337. The molecular formula is C28H22FN3O3. The Morgan fingerprint density at radius 1 is 1.03 bits per heavy atom. The van der Waals surface area contributed by atoms with Gasteiger partial charge >= 0.3 is 5.97 Å². The van der Waals surface area contributed by atoms with Crippen molar-refractivity contribution in [3.05, 3.63) is 107 Å². The van der Waals surface area contributed by atoms with Gasteiger partial charge in [-0.2, -0.15) is 0 Å². The second kappa shape index (κ2) is 9.02. The van der Waals surface area contributed by atoms with Crippen molar-refractivity contribution >= 4 is 23.2 Å². The van der Waals surface area contributed by atoms with Gasteiger partial charge in [0.05, 0.1) is 17.8 Å². The Labute approximate surface area is 201 Å². The second-order valence-electron chi connectivity index (χ2n) is 8.26. The zero-order valence-corrected chi connectivity index (χ0v) is 18.9. The number of rotatable bonds is 5. The van der Waals surface area contributed by atoms with Crippen LogP contribution >= 0.6 is 0 Å². The lowest BCUT2D eigenvalue weighted by atomic mass is 9.90. The van der Waals surface area contributed by atoms with E-state index in [2.05, 4.69) is 10.3 Å². The molecule has 2 heterocycles. The molecule has 5 rings (SSSR count). The number of hydrogen-bond donors (Lipinski definition) is 3. The average molecular weight is 468 g/mol. The molecule has 3 N–H and O–H groups in total. The third-order valence-corrected chi connectivity index (χ3v) is 6.06. The molecule has 3 aromatic carbocycles. The number of hydrogen-bond acceptors (Lipinski definition) is 5. The minimum absolute atomic E-state index is 0.0696. The number of nitrogens with zero attached hydrogens (tertiary/aromatic N) is 2. The zero-order valence-electron chi connectivity index (χ0n) is 18.9. The number of aryl methyl sites for hydroxylation is 1. The molecule has 0 atom stereocenters. The van der Waals surface area contributed by atoms with Crippen molar-refractivity contribution in [2.45, 2.75) is 19.9 Å². The van der Waals surface area contributed by atoms with Crippen LogP contribution in [0.4, 0.5) is 15.9 Å². The number of aliphatic imine (C=N–C) groups is 1. The second-order valence-corrected chi connectivity index (χ2v) is 8.26. The Balaban J connectivity index is 1.60. The first-order valence-corrected chi connectivity index (χ1v) is 11.2. The summed E-state index contributed by atoms with van der Waals surface area (Å²) in [4.78, 5) is 20.4. The van der Waals surface area contributed by atoms with Crippen LogP contribution in [0.5, 0.6) is 5.75 Å². The Kier molecular flexibility index (Phi) is 5.74. The molecule has 35 heavy (non-hydrogen) atoms. The molecule has 0 saturated carbocycles. The van der Waals surface area contributed by atoms with Crippen LogP contribution in [0.2, 0.25) is 0 Å². The molecule has 0 fully saturated rings. The van der Waals surface area contributed by atoms with Gasteiger partial charge in [-0.15, -0.1) is 0 Å². The number of pyridine rings is 1. The minimum atomic E-state index is -0.989. The van der Waals surface area contributed by atoms with Crippen LogP contribution < -0.4 is 5.32 Å². The first kappa shape index (κ1) is 22.3. The van der Waals surface area contributed by atoms with E-state index < -0.39 is 5.97 Å². The molecule has 1 aliphatic rings. The van der Waals surface area contributed by atoms with Crippen LogP contribution in [0.15, 0.2) is 77.9 Å². The van der Waals surface area contributed by atoms with E-state index in [0.717, 1.165) is 22.3 Å². The third kappa shape index (κ3) is 4.24. The van der Waals surface area contributed by atoms with E-state index in [4.69, 9.17) is 10.1 Å². The number of benzene rings is 3. The molecule has 0 aliphatic carbocycles. The number of aromatic hydroxyl groups is 1. The normalized spacial score (nSPS) is 12.2. The number of carboxylic acid groups (broad SMARTS) is 1. The van der Waals surface area contributed by atoms with E-state index in [-0.39, 0.29) is 17.1 Å². The van der Waals surface area contributed by atoms with E-state index in [1.807, 2.05) is 25.1 Å². The van der Waals surface area contributed by atoms with E-state index >= 15 is 4.39 Å². The molecule has 0 spiro atoms. The monoisotopic (exact) mass is 467 g/mol. The first-order valence-electron chi connectivity index (χ1n) is 11.2. The molecular weight excluding hydrogens is 445 g/mol. The van der Waals surface area contributed by atoms with Crippen molar-refractivity contribution in [2.75, 3.05) is 5.32 Å². The highest BCUT2D eigenvalue weighted by molar-refractivity contribution is 6.18. The van der Waals surface area contributed by atoms with Crippen LogP contribution in [0, 0.1) is 5.82 Å². The van der Waals surface area contributed by atoms with Gasteiger partial charge in [0.1, 0.15) is 17.4 Å². The van der Waals surface area contributed by atoms with Gasteiger partial charge in [-0.3, -0.25) is 4.99 Å². The number of anilines is 2. The van der Waals surface area contributed by atoms with Crippen LogP contribution in [0.3, 0.4) is 0 Å². The number of nitrogens with one attached hydrogen (secondary N) is 1. The van der Waals surface area contributed by atoms with Crippen LogP contribution in [-0.4, -0.2) is 26.9 Å². The van der Waals surface area contributed by atoms with Crippen LogP contribution in [0.1, 0.15) is 39.5 Å². The number of halogens is 1. The number of aromatic carboxylic acids is 1. The highest BCUT2D eigenvalue weighted by Crippen LogP contribution is 2.37. The van der Waals surface area contributed by atoms with Gasteiger partial charge in [0.2, 0.25) is 0 Å². The minimum Gasteiger partial charge on any atom is -0.508 e. The van der Waals surface area contributed by atoms with E-state index in [0.29, 0.717) is 41.3 Å². The van der Waals surface area contributed by atoms with Gasteiger partial charge in [0.15, 0.2) is 0 Å². The van der Waals surface area contributed by atoms with Crippen molar-refractivity contribution in [3.8, 4) is 16.9 Å². The fraction of sp³-hybridized carbons (Fsp3) is 0.107.